The van der Waals surface area contributed by atoms with Gasteiger partial charge in [0.2, 0.25) is 11.8 Å². The van der Waals surface area contributed by atoms with Crippen LogP contribution in [-0.4, -0.2) is 31.1 Å². The molecule has 0 bridgehead atoms. The predicted molar refractivity (Wildman–Crippen MR) is 65.7 cm³/mol. The number of ether oxygens (including phenoxy) is 1. The molecule has 1 aromatic rings. The average molecular weight is 248 g/mol. The highest BCUT2D eigenvalue weighted by molar-refractivity contribution is 5.89. The molecule has 1 aromatic carbocycles. The molecule has 5 heteroatoms. The van der Waals surface area contributed by atoms with Gasteiger partial charge in [-0.15, -0.1) is 0 Å². The van der Waals surface area contributed by atoms with Crippen molar-refractivity contribution in [3.8, 4) is 0 Å². The molecule has 1 heterocycles. The summed E-state index contributed by atoms with van der Waals surface area (Å²) in [5, 5.41) is 5.45. The van der Waals surface area contributed by atoms with Gasteiger partial charge in [-0.2, -0.15) is 0 Å². The molecular formula is C13H16N2O3. The van der Waals surface area contributed by atoms with Gasteiger partial charge in [-0.1, -0.05) is 30.3 Å². The summed E-state index contributed by atoms with van der Waals surface area (Å²) in [5.74, 6) is -0.479. The van der Waals surface area contributed by atoms with Crippen molar-refractivity contribution in [2.24, 2.45) is 0 Å². The van der Waals surface area contributed by atoms with Crippen LogP contribution in [0.25, 0.3) is 0 Å². The highest BCUT2D eigenvalue weighted by Crippen LogP contribution is 2.11. The molecule has 0 aromatic heterocycles. The van der Waals surface area contributed by atoms with E-state index in [2.05, 4.69) is 10.6 Å². The summed E-state index contributed by atoms with van der Waals surface area (Å²) < 4.78 is 5.03. The van der Waals surface area contributed by atoms with Crippen LogP contribution in [-0.2, 0) is 14.3 Å². The fourth-order valence-electron chi connectivity index (χ4n) is 1.83. The average Bonchev–Trinajstić information content (AvgIpc) is 2.39. The molecule has 2 unspecified atom stereocenters. The van der Waals surface area contributed by atoms with Gasteiger partial charge in [0.15, 0.2) is 0 Å². The van der Waals surface area contributed by atoms with Crippen molar-refractivity contribution in [3.63, 3.8) is 0 Å². The van der Waals surface area contributed by atoms with Gasteiger partial charge in [-0.25, -0.2) is 0 Å². The maximum Gasteiger partial charge on any atom is 0.246 e. The summed E-state index contributed by atoms with van der Waals surface area (Å²) in [6.07, 6.45) is 0. The van der Waals surface area contributed by atoms with E-state index in [0.717, 1.165) is 5.56 Å². The van der Waals surface area contributed by atoms with E-state index in [0.29, 0.717) is 0 Å². The summed E-state index contributed by atoms with van der Waals surface area (Å²) >= 11 is 0. The van der Waals surface area contributed by atoms with E-state index in [1.54, 1.807) is 0 Å². The van der Waals surface area contributed by atoms with Gasteiger partial charge >= 0.3 is 0 Å². The fraction of sp³-hybridized carbons (Fsp3) is 0.385. The summed E-state index contributed by atoms with van der Waals surface area (Å²) in [6.45, 7) is 2.15. The number of hydrogen-bond acceptors (Lipinski definition) is 3. The second-order valence-corrected chi connectivity index (χ2v) is 4.28. The fourth-order valence-corrected chi connectivity index (χ4v) is 1.83. The van der Waals surface area contributed by atoms with Gasteiger partial charge in [-0.05, 0) is 12.5 Å². The number of benzene rings is 1. The van der Waals surface area contributed by atoms with Crippen LogP contribution in [0, 0.1) is 0 Å². The first-order chi connectivity index (χ1) is 8.66. The third-order valence-corrected chi connectivity index (χ3v) is 2.83. The predicted octanol–water partition coefficient (Wildman–Crippen LogP) is 0.379. The number of amides is 2. The Morgan fingerprint density at radius 3 is 2.83 bits per heavy atom. The topological polar surface area (TPSA) is 67.4 Å². The summed E-state index contributed by atoms with van der Waals surface area (Å²) in [7, 11) is 0. The molecular weight excluding hydrogens is 232 g/mol. The molecule has 18 heavy (non-hydrogen) atoms. The van der Waals surface area contributed by atoms with Crippen LogP contribution in [0.3, 0.4) is 0 Å². The number of nitrogens with one attached hydrogen (secondary N) is 2. The molecule has 2 N–H and O–H groups in total. The van der Waals surface area contributed by atoms with Gasteiger partial charge < -0.3 is 15.4 Å². The van der Waals surface area contributed by atoms with E-state index in [9.17, 15) is 9.59 Å². The highest BCUT2D eigenvalue weighted by Gasteiger charge is 2.26. The molecule has 1 saturated heterocycles. The van der Waals surface area contributed by atoms with E-state index in [1.165, 1.54) is 0 Å². The lowest BCUT2D eigenvalue weighted by Crippen LogP contribution is -2.54. The van der Waals surface area contributed by atoms with Crippen molar-refractivity contribution in [3.05, 3.63) is 35.9 Å². The Morgan fingerprint density at radius 1 is 1.44 bits per heavy atom. The molecule has 0 radical (unpaired) electrons. The third kappa shape index (κ3) is 3.07. The van der Waals surface area contributed by atoms with Crippen molar-refractivity contribution in [1.82, 2.24) is 10.6 Å². The molecule has 0 spiro atoms. The van der Waals surface area contributed by atoms with Crippen molar-refractivity contribution in [1.29, 1.82) is 0 Å². The Labute approximate surface area is 106 Å². The van der Waals surface area contributed by atoms with E-state index in [4.69, 9.17) is 4.74 Å². The van der Waals surface area contributed by atoms with Crippen LogP contribution in [0.15, 0.2) is 30.3 Å². The van der Waals surface area contributed by atoms with E-state index < -0.39 is 6.04 Å². The maximum absolute atomic E-state index is 11.9. The molecule has 96 valence electrons. The van der Waals surface area contributed by atoms with Crippen LogP contribution in [0.1, 0.15) is 18.5 Å². The second-order valence-electron chi connectivity index (χ2n) is 4.28. The van der Waals surface area contributed by atoms with Gasteiger partial charge in [0.1, 0.15) is 12.6 Å². The first-order valence-electron chi connectivity index (χ1n) is 5.89. The first kappa shape index (κ1) is 12.6. The standard InChI is InChI=1S/C13H16N2O3/c1-9(10-5-3-2-4-6-10)14-13(17)11-7-18-8-12(16)15-11/h2-6,9,11H,7-8H2,1H3,(H,14,17)(H,15,16). The molecule has 1 fully saturated rings. The molecule has 2 atom stereocenters. The third-order valence-electron chi connectivity index (χ3n) is 2.83. The van der Waals surface area contributed by atoms with Crippen LogP contribution in [0.4, 0.5) is 0 Å². The van der Waals surface area contributed by atoms with Gasteiger partial charge in [0, 0.05) is 0 Å². The number of hydrogen-bond donors (Lipinski definition) is 2. The Morgan fingerprint density at radius 2 is 2.17 bits per heavy atom. The largest absolute Gasteiger partial charge is 0.369 e. The Hall–Kier alpha value is -1.88. The Balaban J connectivity index is 1.93. The van der Waals surface area contributed by atoms with Crippen LogP contribution in [0.5, 0.6) is 0 Å². The lowest BCUT2D eigenvalue weighted by atomic mass is 10.1. The number of carbonyl (C=O) groups excluding carboxylic acids is 2. The van der Waals surface area contributed by atoms with Gasteiger partial charge in [0.25, 0.3) is 0 Å². The van der Waals surface area contributed by atoms with Crippen LogP contribution < -0.4 is 10.6 Å². The molecule has 2 rings (SSSR count). The minimum atomic E-state index is -0.600. The lowest BCUT2D eigenvalue weighted by Gasteiger charge is -2.24. The van der Waals surface area contributed by atoms with Crippen molar-refractivity contribution in [2.45, 2.75) is 19.0 Å². The Bertz CT molecular complexity index is 433. The number of morpholine rings is 1. The second kappa shape index (κ2) is 5.64. The quantitative estimate of drug-likeness (QED) is 0.812. The summed E-state index contributed by atoms with van der Waals surface area (Å²) in [4.78, 5) is 23.0. The molecule has 2 amide bonds. The number of carbonyl (C=O) groups is 2. The first-order valence-corrected chi connectivity index (χ1v) is 5.89. The zero-order valence-electron chi connectivity index (χ0n) is 10.2. The zero-order valence-corrected chi connectivity index (χ0v) is 10.2. The molecule has 0 saturated carbocycles. The Kier molecular flexibility index (Phi) is 3.94. The molecule has 5 nitrogen and oxygen atoms in total. The van der Waals surface area contributed by atoms with E-state index in [1.807, 2.05) is 37.3 Å². The molecule has 1 aliphatic rings. The van der Waals surface area contributed by atoms with Gasteiger partial charge in [-0.3, -0.25) is 9.59 Å². The van der Waals surface area contributed by atoms with E-state index in [-0.39, 0.29) is 31.1 Å². The van der Waals surface area contributed by atoms with Crippen molar-refractivity contribution in [2.75, 3.05) is 13.2 Å². The molecule has 1 aliphatic heterocycles. The van der Waals surface area contributed by atoms with Crippen molar-refractivity contribution < 1.29 is 14.3 Å². The van der Waals surface area contributed by atoms with Gasteiger partial charge in [0.05, 0.1) is 12.6 Å². The maximum atomic E-state index is 11.9. The normalized spacial score (nSPS) is 20.9. The SMILES string of the molecule is CC(NC(=O)C1COCC(=O)N1)c1ccccc1. The van der Waals surface area contributed by atoms with Crippen LogP contribution >= 0.6 is 0 Å². The number of rotatable bonds is 3. The smallest absolute Gasteiger partial charge is 0.246 e. The highest BCUT2D eigenvalue weighted by atomic mass is 16.5. The summed E-state index contributed by atoms with van der Waals surface area (Å²) in [5.41, 5.74) is 1.02. The van der Waals surface area contributed by atoms with Crippen LogP contribution in [0.2, 0.25) is 0 Å². The van der Waals surface area contributed by atoms with Crippen molar-refractivity contribution >= 4 is 11.8 Å². The minimum Gasteiger partial charge on any atom is -0.369 e. The zero-order chi connectivity index (χ0) is 13.0. The summed E-state index contributed by atoms with van der Waals surface area (Å²) in [6, 6.07) is 8.96. The monoisotopic (exact) mass is 248 g/mol. The lowest BCUT2D eigenvalue weighted by molar-refractivity contribution is -0.138. The minimum absolute atomic E-state index is 0.0258. The van der Waals surface area contributed by atoms with E-state index >= 15 is 0 Å². The molecule has 0 aliphatic carbocycles.